The van der Waals surface area contributed by atoms with Crippen molar-refractivity contribution in [3.63, 3.8) is 0 Å². The number of nitrogens with zero attached hydrogens (tertiary/aromatic N) is 1. The lowest BCUT2D eigenvalue weighted by Crippen LogP contribution is -2.33. The number of carboxylic acid groups (broad SMARTS) is 1. The van der Waals surface area contributed by atoms with Gasteiger partial charge < -0.3 is 15.7 Å². The van der Waals surface area contributed by atoms with Crippen LogP contribution in [0.3, 0.4) is 0 Å². The van der Waals surface area contributed by atoms with Crippen LogP contribution in [0.1, 0.15) is 38.4 Å². The largest absolute Gasteiger partial charge is 0.478 e. The number of rotatable bonds is 4. The summed E-state index contributed by atoms with van der Waals surface area (Å²) in [5, 5.41) is 15.1. The van der Waals surface area contributed by atoms with Crippen LogP contribution in [-0.4, -0.2) is 35.1 Å². The Bertz CT molecular complexity index is 902. The average molecular weight is 341 g/mol. The number of hydrogen-bond acceptors (Lipinski definition) is 4. The highest BCUT2D eigenvalue weighted by Crippen LogP contribution is 2.26. The van der Waals surface area contributed by atoms with Crippen molar-refractivity contribution in [3.8, 4) is 0 Å². The summed E-state index contributed by atoms with van der Waals surface area (Å²) < 4.78 is 1.22. The van der Waals surface area contributed by atoms with Crippen LogP contribution in [0, 0.1) is 0 Å². The SMILES string of the molecule is CNC(=O)c1c(C(=O)O)ccc(=O)n1Cc1cccc2c1NCCC2. The zero-order valence-corrected chi connectivity index (χ0v) is 13.8. The molecule has 0 saturated carbocycles. The number of carbonyl (C=O) groups excluding carboxylic acids is 1. The van der Waals surface area contributed by atoms with Crippen LogP contribution < -0.4 is 16.2 Å². The van der Waals surface area contributed by atoms with Crippen LogP contribution in [0.15, 0.2) is 35.1 Å². The van der Waals surface area contributed by atoms with Crippen LogP contribution in [0.25, 0.3) is 0 Å². The minimum Gasteiger partial charge on any atom is -0.478 e. The molecule has 0 saturated heterocycles. The van der Waals surface area contributed by atoms with Gasteiger partial charge in [0.1, 0.15) is 5.69 Å². The van der Waals surface area contributed by atoms with E-state index < -0.39 is 17.4 Å². The topological polar surface area (TPSA) is 100 Å². The minimum atomic E-state index is -1.25. The van der Waals surface area contributed by atoms with E-state index in [0.717, 1.165) is 36.2 Å². The summed E-state index contributed by atoms with van der Waals surface area (Å²) in [6.45, 7) is 0.968. The number of aryl methyl sites for hydroxylation is 1. The predicted molar refractivity (Wildman–Crippen MR) is 93.4 cm³/mol. The fourth-order valence-corrected chi connectivity index (χ4v) is 3.16. The summed E-state index contributed by atoms with van der Waals surface area (Å²) in [4.78, 5) is 36.1. The first-order chi connectivity index (χ1) is 12.0. The molecule has 1 aromatic carbocycles. The molecule has 0 aliphatic carbocycles. The minimum absolute atomic E-state index is 0.124. The van der Waals surface area contributed by atoms with E-state index in [1.165, 1.54) is 23.7 Å². The fourth-order valence-electron chi connectivity index (χ4n) is 3.16. The van der Waals surface area contributed by atoms with Crippen molar-refractivity contribution in [2.24, 2.45) is 0 Å². The third kappa shape index (κ3) is 3.13. The number of carbonyl (C=O) groups is 2. The van der Waals surface area contributed by atoms with E-state index >= 15 is 0 Å². The maximum absolute atomic E-state index is 12.4. The molecule has 0 atom stereocenters. The lowest BCUT2D eigenvalue weighted by atomic mass is 9.99. The molecule has 0 spiro atoms. The van der Waals surface area contributed by atoms with Crippen LogP contribution in [0.5, 0.6) is 0 Å². The monoisotopic (exact) mass is 341 g/mol. The highest BCUT2D eigenvalue weighted by atomic mass is 16.4. The van der Waals surface area contributed by atoms with Crippen LogP contribution in [-0.2, 0) is 13.0 Å². The zero-order valence-electron chi connectivity index (χ0n) is 13.8. The van der Waals surface area contributed by atoms with Gasteiger partial charge >= 0.3 is 5.97 Å². The zero-order chi connectivity index (χ0) is 18.0. The van der Waals surface area contributed by atoms with Crippen molar-refractivity contribution >= 4 is 17.6 Å². The van der Waals surface area contributed by atoms with Gasteiger partial charge in [0.2, 0.25) is 0 Å². The number of nitrogens with one attached hydrogen (secondary N) is 2. The number of anilines is 1. The van der Waals surface area contributed by atoms with Gasteiger partial charge in [0.05, 0.1) is 12.1 Å². The summed E-state index contributed by atoms with van der Waals surface area (Å²) in [7, 11) is 1.40. The Morgan fingerprint density at radius 2 is 2.08 bits per heavy atom. The number of hydrogen-bond donors (Lipinski definition) is 3. The molecule has 7 nitrogen and oxygen atoms in total. The van der Waals surface area contributed by atoms with Gasteiger partial charge in [-0.3, -0.25) is 14.2 Å². The van der Waals surface area contributed by atoms with Crippen molar-refractivity contribution in [3.05, 3.63) is 63.1 Å². The van der Waals surface area contributed by atoms with Gasteiger partial charge in [0.15, 0.2) is 0 Å². The molecule has 25 heavy (non-hydrogen) atoms. The summed E-state index contributed by atoms with van der Waals surface area (Å²) in [6.07, 6.45) is 1.98. The van der Waals surface area contributed by atoms with E-state index in [1.807, 2.05) is 18.2 Å². The van der Waals surface area contributed by atoms with Crippen molar-refractivity contribution in [2.75, 3.05) is 18.9 Å². The highest BCUT2D eigenvalue weighted by Gasteiger charge is 2.22. The van der Waals surface area contributed by atoms with Crippen LogP contribution in [0.4, 0.5) is 5.69 Å². The number of pyridine rings is 1. The van der Waals surface area contributed by atoms with E-state index in [2.05, 4.69) is 10.6 Å². The Balaban J connectivity index is 2.15. The maximum Gasteiger partial charge on any atom is 0.338 e. The summed E-state index contributed by atoms with van der Waals surface area (Å²) >= 11 is 0. The van der Waals surface area contributed by atoms with Gasteiger partial charge in [-0.05, 0) is 30.0 Å². The molecule has 2 aromatic rings. The predicted octanol–water partition coefficient (Wildman–Crippen LogP) is 1.31. The summed E-state index contributed by atoms with van der Waals surface area (Å²) in [5.41, 5.74) is 2.22. The number of aromatic carboxylic acids is 1. The van der Waals surface area contributed by atoms with Crippen molar-refractivity contribution in [1.82, 2.24) is 9.88 Å². The molecule has 1 aromatic heterocycles. The second-order valence-corrected chi connectivity index (χ2v) is 5.89. The molecule has 1 aliphatic rings. The van der Waals surface area contributed by atoms with Gasteiger partial charge in [-0.25, -0.2) is 4.79 Å². The first-order valence-electron chi connectivity index (χ1n) is 8.06. The van der Waals surface area contributed by atoms with Crippen molar-refractivity contribution < 1.29 is 14.7 Å². The number of amides is 1. The lowest BCUT2D eigenvalue weighted by Gasteiger charge is -2.22. The lowest BCUT2D eigenvalue weighted by molar-refractivity contribution is 0.0689. The van der Waals surface area contributed by atoms with E-state index in [-0.39, 0.29) is 17.8 Å². The van der Waals surface area contributed by atoms with Crippen molar-refractivity contribution in [1.29, 1.82) is 0 Å². The van der Waals surface area contributed by atoms with Gasteiger partial charge in [-0.15, -0.1) is 0 Å². The molecule has 1 amide bonds. The van der Waals surface area contributed by atoms with Gasteiger partial charge in [0.25, 0.3) is 11.5 Å². The molecule has 1 aliphatic heterocycles. The molecule has 2 heterocycles. The Kier molecular flexibility index (Phi) is 4.56. The fraction of sp³-hybridized carbons (Fsp3) is 0.278. The smallest absolute Gasteiger partial charge is 0.338 e. The third-order valence-electron chi connectivity index (χ3n) is 4.35. The number of aromatic nitrogens is 1. The van der Waals surface area contributed by atoms with E-state index in [9.17, 15) is 19.5 Å². The molecule has 0 bridgehead atoms. The Hall–Kier alpha value is -3.09. The number of fused-ring (bicyclic) bond motifs is 1. The normalized spacial score (nSPS) is 12.8. The molecule has 3 rings (SSSR count). The standard InChI is InChI=1S/C18H19N3O4/c1-19-17(23)16-13(18(24)25)7-8-14(22)21(16)10-12-5-2-4-11-6-3-9-20-15(11)12/h2,4-5,7-8,20H,3,6,9-10H2,1H3,(H,19,23)(H,24,25). The Morgan fingerprint density at radius 3 is 2.80 bits per heavy atom. The quantitative estimate of drug-likeness (QED) is 0.778. The molecule has 130 valence electrons. The maximum atomic E-state index is 12.4. The first-order valence-corrected chi connectivity index (χ1v) is 8.06. The third-order valence-corrected chi connectivity index (χ3v) is 4.35. The Labute approximate surface area is 144 Å². The Morgan fingerprint density at radius 1 is 1.28 bits per heavy atom. The molecule has 0 unspecified atom stereocenters. The summed E-state index contributed by atoms with van der Waals surface area (Å²) in [6, 6.07) is 8.17. The molecule has 7 heteroatoms. The second kappa shape index (κ2) is 6.80. The van der Waals surface area contributed by atoms with Gasteiger partial charge in [-0.1, -0.05) is 18.2 Å². The van der Waals surface area contributed by atoms with E-state index in [4.69, 9.17) is 0 Å². The first kappa shape index (κ1) is 16.8. The number of benzene rings is 1. The van der Waals surface area contributed by atoms with E-state index in [0.29, 0.717) is 0 Å². The molecule has 3 N–H and O–H groups in total. The van der Waals surface area contributed by atoms with Gasteiger partial charge in [-0.2, -0.15) is 0 Å². The number of para-hydroxylation sites is 1. The van der Waals surface area contributed by atoms with E-state index in [1.54, 1.807) is 0 Å². The summed E-state index contributed by atoms with van der Waals surface area (Å²) in [5.74, 6) is -1.85. The highest BCUT2D eigenvalue weighted by molar-refractivity contribution is 6.03. The molecular formula is C18H19N3O4. The van der Waals surface area contributed by atoms with Crippen LogP contribution in [0.2, 0.25) is 0 Å². The number of carboxylic acids is 1. The molecule has 0 fully saturated rings. The molecule has 0 radical (unpaired) electrons. The van der Waals surface area contributed by atoms with Gasteiger partial charge in [0, 0.05) is 25.3 Å². The van der Waals surface area contributed by atoms with Crippen LogP contribution >= 0.6 is 0 Å². The molecular weight excluding hydrogens is 322 g/mol. The van der Waals surface area contributed by atoms with Crippen molar-refractivity contribution in [2.45, 2.75) is 19.4 Å². The average Bonchev–Trinajstić information content (AvgIpc) is 2.62. The second-order valence-electron chi connectivity index (χ2n) is 5.89.